The predicted molar refractivity (Wildman–Crippen MR) is 138 cm³/mol. The third-order valence-electron chi connectivity index (χ3n) is 7.38. The molecule has 3 aliphatic rings. The van der Waals surface area contributed by atoms with Gasteiger partial charge in [-0.2, -0.15) is 0 Å². The summed E-state index contributed by atoms with van der Waals surface area (Å²) in [5.74, 6) is 1.13. The van der Waals surface area contributed by atoms with E-state index >= 15 is 0 Å². The van der Waals surface area contributed by atoms with Gasteiger partial charge >= 0.3 is 0 Å². The molecule has 3 aromatic carbocycles. The molecule has 0 saturated carbocycles. The summed E-state index contributed by atoms with van der Waals surface area (Å²) in [5, 5.41) is 1.88. The number of halogens is 1. The Balaban J connectivity index is 1.18. The summed E-state index contributed by atoms with van der Waals surface area (Å²) in [5.41, 5.74) is 2.38. The number of piperazine rings is 1. The van der Waals surface area contributed by atoms with Crippen LogP contribution >= 0.6 is 0 Å². The van der Waals surface area contributed by atoms with Crippen molar-refractivity contribution in [2.75, 3.05) is 51.5 Å². The average molecular weight is 489 g/mol. The molecule has 36 heavy (non-hydrogen) atoms. The van der Waals surface area contributed by atoms with Gasteiger partial charge < -0.3 is 19.3 Å². The largest absolute Gasteiger partial charge is 0.493 e. The predicted octanol–water partition coefficient (Wildman–Crippen LogP) is 4.47. The van der Waals surface area contributed by atoms with Crippen LogP contribution < -0.4 is 14.4 Å². The number of rotatable bonds is 5. The molecule has 0 N–H and O–H groups in total. The van der Waals surface area contributed by atoms with Gasteiger partial charge in [0.2, 0.25) is 0 Å². The number of aliphatic imine (C=N–C) groups is 1. The lowest BCUT2D eigenvalue weighted by molar-refractivity contribution is 0.0775. The number of methoxy groups -OCH3 is 1. The highest BCUT2D eigenvalue weighted by atomic mass is 19.1. The van der Waals surface area contributed by atoms with Crippen LogP contribution in [0.3, 0.4) is 0 Å². The van der Waals surface area contributed by atoms with Gasteiger partial charge in [-0.15, -0.1) is 0 Å². The third kappa shape index (κ3) is 4.26. The normalized spacial score (nSPS) is 19.8. The van der Waals surface area contributed by atoms with Crippen LogP contribution in [-0.4, -0.2) is 74.5 Å². The van der Waals surface area contributed by atoms with Gasteiger partial charge in [-0.05, 0) is 72.1 Å². The minimum absolute atomic E-state index is 0.0472. The Morgan fingerprint density at radius 1 is 0.972 bits per heavy atom. The lowest BCUT2D eigenvalue weighted by atomic mass is 10.0. The van der Waals surface area contributed by atoms with Gasteiger partial charge in [0.15, 0.2) is 11.5 Å². The van der Waals surface area contributed by atoms with E-state index in [1.165, 1.54) is 12.1 Å². The zero-order valence-corrected chi connectivity index (χ0v) is 20.3. The van der Waals surface area contributed by atoms with E-state index in [-0.39, 0.29) is 17.8 Å². The topological polar surface area (TPSA) is 57.6 Å². The van der Waals surface area contributed by atoms with E-state index in [4.69, 9.17) is 9.47 Å². The molecule has 2 fully saturated rings. The number of nitrogens with zero attached hydrogens (tertiary/aromatic N) is 4. The molecule has 0 aliphatic carbocycles. The average Bonchev–Trinajstić information content (AvgIpc) is 3.34. The number of anilines is 1. The summed E-state index contributed by atoms with van der Waals surface area (Å²) in [6, 6.07) is 14.5. The number of carbonyl (C=O) groups excluding carboxylic acids is 1. The van der Waals surface area contributed by atoms with Crippen molar-refractivity contribution in [2.45, 2.75) is 18.9 Å². The fourth-order valence-electron chi connectivity index (χ4n) is 5.31. The van der Waals surface area contributed by atoms with Gasteiger partial charge in [0.05, 0.1) is 24.4 Å². The fraction of sp³-hybridized carbons (Fsp3) is 0.357. The molecule has 186 valence electrons. The molecule has 1 unspecified atom stereocenters. The molecule has 1 amide bonds. The first-order valence-electron chi connectivity index (χ1n) is 12.5. The molecule has 7 nitrogen and oxygen atoms in total. The second kappa shape index (κ2) is 9.43. The van der Waals surface area contributed by atoms with Crippen LogP contribution in [0, 0.1) is 5.82 Å². The maximum absolute atomic E-state index is 13.2. The van der Waals surface area contributed by atoms with E-state index < -0.39 is 0 Å². The first-order valence-corrected chi connectivity index (χ1v) is 12.5. The summed E-state index contributed by atoms with van der Waals surface area (Å²) in [4.78, 5) is 24.2. The molecule has 0 radical (unpaired) electrons. The van der Waals surface area contributed by atoms with Crippen molar-refractivity contribution < 1.29 is 18.7 Å². The number of carbonyl (C=O) groups is 1. The van der Waals surface area contributed by atoms with Crippen molar-refractivity contribution in [3.8, 4) is 11.5 Å². The molecule has 0 bridgehead atoms. The highest BCUT2D eigenvalue weighted by Crippen LogP contribution is 2.37. The van der Waals surface area contributed by atoms with E-state index in [9.17, 15) is 9.18 Å². The molecule has 3 heterocycles. The molecule has 3 aliphatic heterocycles. The maximum Gasteiger partial charge on any atom is 0.256 e. The minimum atomic E-state index is -0.218. The van der Waals surface area contributed by atoms with E-state index in [1.807, 2.05) is 47.5 Å². The van der Waals surface area contributed by atoms with Gasteiger partial charge in [0.1, 0.15) is 12.5 Å². The maximum atomic E-state index is 13.2. The van der Waals surface area contributed by atoms with Gasteiger partial charge in [-0.25, -0.2) is 4.39 Å². The summed E-state index contributed by atoms with van der Waals surface area (Å²) < 4.78 is 25.1. The van der Waals surface area contributed by atoms with Gasteiger partial charge in [-0.1, -0.05) is 0 Å². The molecule has 6 rings (SSSR count). The van der Waals surface area contributed by atoms with Crippen molar-refractivity contribution in [1.29, 1.82) is 0 Å². The number of amides is 1. The van der Waals surface area contributed by atoms with Crippen LogP contribution in [0.25, 0.3) is 10.8 Å². The molecular formula is C28H29FN4O3. The molecule has 0 aromatic heterocycles. The van der Waals surface area contributed by atoms with E-state index in [2.05, 4.69) is 14.8 Å². The second-order valence-corrected chi connectivity index (χ2v) is 9.56. The van der Waals surface area contributed by atoms with Crippen molar-refractivity contribution in [1.82, 2.24) is 9.80 Å². The molecule has 2 saturated heterocycles. The highest BCUT2D eigenvalue weighted by molar-refractivity contribution is 6.07. The van der Waals surface area contributed by atoms with Crippen LogP contribution in [0.4, 0.5) is 15.8 Å². The first kappa shape index (κ1) is 22.8. The minimum Gasteiger partial charge on any atom is -0.493 e. The second-order valence-electron chi connectivity index (χ2n) is 9.56. The number of benzene rings is 3. The van der Waals surface area contributed by atoms with Crippen LogP contribution in [0.1, 0.15) is 23.2 Å². The molecule has 0 spiro atoms. The quantitative estimate of drug-likeness (QED) is 0.531. The lowest BCUT2D eigenvalue weighted by Gasteiger charge is -2.35. The SMILES string of the molecule is COc1cc2cc3c(cc2cc1OCN1CCN(c2ccc(F)cc2)CC1)N=CC1CCCN1C3=O. The Labute approximate surface area is 209 Å². The van der Waals surface area contributed by atoms with Crippen molar-refractivity contribution >= 4 is 34.3 Å². The fourth-order valence-corrected chi connectivity index (χ4v) is 5.31. The smallest absolute Gasteiger partial charge is 0.256 e. The zero-order chi connectivity index (χ0) is 24.6. The van der Waals surface area contributed by atoms with Gasteiger partial charge in [0.25, 0.3) is 5.91 Å². The first-order chi connectivity index (χ1) is 17.6. The van der Waals surface area contributed by atoms with Crippen molar-refractivity contribution in [3.05, 3.63) is 59.9 Å². The Morgan fingerprint density at radius 2 is 1.72 bits per heavy atom. The lowest BCUT2D eigenvalue weighted by Crippen LogP contribution is -2.47. The monoisotopic (exact) mass is 488 g/mol. The molecule has 1 atom stereocenters. The summed E-state index contributed by atoms with van der Waals surface area (Å²) in [6.07, 6.45) is 3.89. The highest BCUT2D eigenvalue weighted by Gasteiger charge is 2.32. The van der Waals surface area contributed by atoms with Gasteiger partial charge in [0, 0.05) is 44.6 Å². The Morgan fingerprint density at radius 3 is 2.50 bits per heavy atom. The zero-order valence-electron chi connectivity index (χ0n) is 20.3. The molecular weight excluding hydrogens is 459 g/mol. The molecule has 3 aromatic rings. The summed E-state index contributed by atoms with van der Waals surface area (Å²) >= 11 is 0. The van der Waals surface area contributed by atoms with Crippen LogP contribution in [0.15, 0.2) is 53.5 Å². The van der Waals surface area contributed by atoms with E-state index in [0.717, 1.165) is 62.0 Å². The van der Waals surface area contributed by atoms with Crippen molar-refractivity contribution in [3.63, 3.8) is 0 Å². The van der Waals surface area contributed by atoms with E-state index in [1.54, 1.807) is 7.11 Å². The van der Waals surface area contributed by atoms with Gasteiger partial charge in [-0.3, -0.25) is 14.7 Å². The third-order valence-corrected chi connectivity index (χ3v) is 7.38. The summed E-state index contributed by atoms with van der Waals surface area (Å²) in [6.45, 7) is 4.60. The number of ether oxygens (including phenoxy) is 2. The summed E-state index contributed by atoms with van der Waals surface area (Å²) in [7, 11) is 1.63. The Hall–Kier alpha value is -3.65. The van der Waals surface area contributed by atoms with E-state index in [0.29, 0.717) is 29.5 Å². The van der Waals surface area contributed by atoms with Crippen LogP contribution in [0.2, 0.25) is 0 Å². The van der Waals surface area contributed by atoms with Crippen LogP contribution in [0.5, 0.6) is 11.5 Å². The Bertz CT molecular complexity index is 1320. The van der Waals surface area contributed by atoms with Crippen LogP contribution in [-0.2, 0) is 0 Å². The van der Waals surface area contributed by atoms with Crippen molar-refractivity contribution in [2.24, 2.45) is 4.99 Å². The number of hydrogen-bond acceptors (Lipinski definition) is 6. The number of hydrogen-bond donors (Lipinski definition) is 0. The number of fused-ring (bicyclic) bond motifs is 3. The Kier molecular flexibility index (Phi) is 5.97. The standard InChI is InChI=1S/C28H29FN4O3/c1-35-26-15-19-13-24-25(30-17-23-3-2-8-33(23)28(24)34)14-20(19)16-27(26)36-18-31-9-11-32(12-10-31)22-6-4-21(29)5-7-22/h4-7,13-17,23H,2-3,8-12,18H2,1H3. The molecule has 8 heteroatoms.